The van der Waals surface area contributed by atoms with E-state index in [0.717, 1.165) is 46.6 Å². The molecular formula is C33H31FN2O5S2. The van der Waals surface area contributed by atoms with E-state index in [1.807, 2.05) is 24.3 Å². The predicted octanol–water partition coefficient (Wildman–Crippen LogP) is 7.59. The molecule has 0 atom stereocenters. The molecule has 3 aromatic carbocycles. The second-order valence-electron chi connectivity index (χ2n) is 12.3. The number of methoxy groups -OCH3 is 1. The highest BCUT2D eigenvalue weighted by Crippen LogP contribution is 2.60. The van der Waals surface area contributed by atoms with E-state index in [1.165, 1.54) is 67.9 Å². The molecule has 2 N–H and O–H groups in total. The van der Waals surface area contributed by atoms with Crippen molar-refractivity contribution in [3.05, 3.63) is 83.0 Å². The van der Waals surface area contributed by atoms with Crippen molar-refractivity contribution < 1.29 is 27.4 Å². The summed E-state index contributed by atoms with van der Waals surface area (Å²) in [7, 11) is -2.96. The number of ether oxygens (including phenoxy) is 1. The first-order valence-electron chi connectivity index (χ1n) is 14.4. The van der Waals surface area contributed by atoms with Crippen molar-refractivity contribution in [2.75, 3.05) is 11.8 Å². The molecule has 0 aliphatic heterocycles. The summed E-state index contributed by atoms with van der Waals surface area (Å²) in [6.45, 7) is 0. The Bertz CT molecular complexity index is 1780. The van der Waals surface area contributed by atoms with Gasteiger partial charge in [0.1, 0.15) is 16.6 Å². The lowest BCUT2D eigenvalue weighted by atomic mass is 9.48. The van der Waals surface area contributed by atoms with Gasteiger partial charge in [-0.1, -0.05) is 48.5 Å². The molecule has 7 nitrogen and oxygen atoms in total. The Morgan fingerprint density at radius 1 is 0.953 bits per heavy atom. The average molecular weight is 619 g/mol. The molecule has 4 bridgehead atoms. The Morgan fingerprint density at radius 3 is 2.07 bits per heavy atom. The van der Waals surface area contributed by atoms with Crippen molar-refractivity contribution in [3.63, 3.8) is 0 Å². The van der Waals surface area contributed by atoms with Crippen LogP contribution in [0.25, 0.3) is 21.7 Å². The van der Waals surface area contributed by atoms with Crippen LogP contribution in [0.2, 0.25) is 0 Å². The molecule has 0 saturated heterocycles. The maximum absolute atomic E-state index is 14.3. The van der Waals surface area contributed by atoms with Gasteiger partial charge in [-0.2, -0.15) is 8.42 Å². The molecule has 4 aliphatic rings. The number of aromatic nitrogens is 1. The third-order valence-corrected chi connectivity index (χ3v) is 11.8. The largest absolute Gasteiger partial charge is 0.495 e. The Balaban J connectivity index is 1.07. The summed E-state index contributed by atoms with van der Waals surface area (Å²) in [4.78, 5) is 15.5. The Hall–Kier alpha value is -3.76. The van der Waals surface area contributed by atoms with Gasteiger partial charge >= 0.3 is 5.97 Å². The zero-order valence-corrected chi connectivity index (χ0v) is 25.2. The van der Waals surface area contributed by atoms with Gasteiger partial charge in [-0.05, 0) is 84.5 Å². The molecule has 4 aliphatic carbocycles. The third kappa shape index (κ3) is 5.10. The minimum absolute atomic E-state index is 0.126. The van der Waals surface area contributed by atoms with E-state index in [4.69, 9.17) is 9.84 Å². The number of carboxylic acid groups (broad SMARTS) is 1. The standard InChI is InChI=1S/C33H31FN2O5S2/c1-41-29-13-26(32(37)38)27(34)14-28(29)36-43(39,40)30-18-42-31(35-30)24-4-2-22(3-5-24)23-6-8-25(9-7-23)33-15-19-10-20(16-33)12-21(11-19)17-33/h2-9,13-14,18-21,36H,10-12,15-17H2,1H3,(H,37,38)/t19-,20-,21?,33?/m1/s1. The summed E-state index contributed by atoms with van der Waals surface area (Å²) in [6, 6.07) is 18.7. The summed E-state index contributed by atoms with van der Waals surface area (Å²) >= 11 is 1.18. The first kappa shape index (κ1) is 28.0. The van der Waals surface area contributed by atoms with Crippen LogP contribution in [-0.2, 0) is 15.4 Å². The number of benzene rings is 3. The number of nitrogens with zero attached hydrogens (tertiary/aromatic N) is 1. The van der Waals surface area contributed by atoms with Gasteiger partial charge in [-0.15, -0.1) is 11.3 Å². The topological polar surface area (TPSA) is 106 Å². The van der Waals surface area contributed by atoms with E-state index in [0.29, 0.717) is 10.4 Å². The number of nitrogens with one attached hydrogen (secondary N) is 1. The molecule has 43 heavy (non-hydrogen) atoms. The van der Waals surface area contributed by atoms with Gasteiger partial charge in [0, 0.05) is 17.0 Å². The molecule has 4 aromatic rings. The lowest BCUT2D eigenvalue weighted by Crippen LogP contribution is -2.48. The highest BCUT2D eigenvalue weighted by atomic mass is 32.2. The molecule has 1 heterocycles. The zero-order chi connectivity index (χ0) is 29.9. The highest BCUT2D eigenvalue weighted by molar-refractivity contribution is 7.92. The van der Waals surface area contributed by atoms with Crippen LogP contribution in [0.3, 0.4) is 0 Å². The van der Waals surface area contributed by atoms with E-state index >= 15 is 0 Å². The van der Waals surface area contributed by atoms with Crippen LogP contribution < -0.4 is 9.46 Å². The number of carboxylic acids is 1. The first-order chi connectivity index (χ1) is 20.6. The molecule has 0 radical (unpaired) electrons. The van der Waals surface area contributed by atoms with E-state index in [9.17, 15) is 17.6 Å². The molecule has 10 heteroatoms. The lowest BCUT2D eigenvalue weighted by molar-refractivity contribution is -0.00518. The van der Waals surface area contributed by atoms with Crippen molar-refractivity contribution in [1.29, 1.82) is 0 Å². The molecular weight excluding hydrogens is 588 g/mol. The molecule has 0 spiro atoms. The molecule has 4 saturated carbocycles. The molecule has 4 fully saturated rings. The van der Waals surface area contributed by atoms with E-state index in [-0.39, 0.29) is 16.5 Å². The second-order valence-corrected chi connectivity index (χ2v) is 14.8. The quantitative estimate of drug-likeness (QED) is 0.211. The Morgan fingerprint density at radius 2 is 1.51 bits per heavy atom. The van der Waals surface area contributed by atoms with Crippen molar-refractivity contribution in [1.82, 2.24) is 4.98 Å². The summed E-state index contributed by atoms with van der Waals surface area (Å²) in [6.07, 6.45) is 8.33. The van der Waals surface area contributed by atoms with Gasteiger partial charge in [0.25, 0.3) is 10.0 Å². The van der Waals surface area contributed by atoms with Gasteiger partial charge in [0.15, 0.2) is 5.03 Å². The van der Waals surface area contributed by atoms with Gasteiger partial charge < -0.3 is 9.84 Å². The second kappa shape index (κ2) is 10.4. The van der Waals surface area contributed by atoms with Gasteiger partial charge in [0.2, 0.25) is 0 Å². The summed E-state index contributed by atoms with van der Waals surface area (Å²) < 4.78 is 47.7. The smallest absolute Gasteiger partial charge is 0.338 e. The number of sulfonamides is 1. The van der Waals surface area contributed by atoms with Crippen LogP contribution in [0.15, 0.2) is 71.1 Å². The van der Waals surface area contributed by atoms with Crippen molar-refractivity contribution in [2.24, 2.45) is 17.8 Å². The number of anilines is 1. The van der Waals surface area contributed by atoms with Crippen LogP contribution in [0.5, 0.6) is 5.75 Å². The summed E-state index contributed by atoms with van der Waals surface area (Å²) in [5.74, 6) is 0.0205. The number of halogens is 1. The number of aromatic carboxylic acids is 1. The number of hydrogen-bond acceptors (Lipinski definition) is 6. The SMILES string of the molecule is COc1cc(C(=O)O)c(F)cc1NS(=O)(=O)c1csc(-c2ccc(-c3ccc(C45CC6C[C@H](C4)C[C@H](C6)C5)cc3)cc2)n1. The van der Waals surface area contributed by atoms with Crippen molar-refractivity contribution in [3.8, 4) is 27.4 Å². The molecule has 0 amide bonds. The van der Waals surface area contributed by atoms with Crippen molar-refractivity contribution >= 4 is 33.0 Å². The third-order valence-electron chi connectivity index (χ3n) is 9.52. The van der Waals surface area contributed by atoms with Crippen LogP contribution in [0, 0.1) is 23.6 Å². The Kier molecular flexibility index (Phi) is 6.81. The van der Waals surface area contributed by atoms with Crippen LogP contribution in [-0.4, -0.2) is 31.6 Å². The minimum atomic E-state index is -4.20. The molecule has 8 rings (SSSR count). The summed E-state index contributed by atoms with van der Waals surface area (Å²) in [5.41, 5.74) is 4.00. The van der Waals surface area contributed by atoms with Gasteiger partial charge in [0.05, 0.1) is 18.4 Å². The fourth-order valence-corrected chi connectivity index (χ4v) is 10.1. The lowest BCUT2D eigenvalue weighted by Gasteiger charge is -2.57. The van der Waals surface area contributed by atoms with Gasteiger partial charge in [-0.3, -0.25) is 4.72 Å². The minimum Gasteiger partial charge on any atom is -0.495 e. The van der Waals surface area contributed by atoms with Crippen LogP contribution in [0.1, 0.15) is 54.4 Å². The maximum atomic E-state index is 14.3. The predicted molar refractivity (Wildman–Crippen MR) is 164 cm³/mol. The van der Waals surface area contributed by atoms with E-state index < -0.39 is 27.4 Å². The fraction of sp³-hybridized carbons (Fsp3) is 0.333. The van der Waals surface area contributed by atoms with Crippen LogP contribution in [0.4, 0.5) is 10.1 Å². The number of rotatable bonds is 8. The highest BCUT2D eigenvalue weighted by Gasteiger charge is 2.51. The van der Waals surface area contributed by atoms with Crippen LogP contribution >= 0.6 is 11.3 Å². The number of hydrogen-bond donors (Lipinski definition) is 2. The number of carbonyl (C=O) groups is 1. The monoisotopic (exact) mass is 618 g/mol. The Labute approximate surface area is 253 Å². The van der Waals surface area contributed by atoms with Gasteiger partial charge in [-0.25, -0.2) is 14.2 Å². The fourth-order valence-electron chi connectivity index (χ4n) is 7.96. The normalized spacial score (nSPS) is 24.2. The molecule has 222 valence electrons. The average Bonchev–Trinajstić information content (AvgIpc) is 3.48. The number of thiazole rings is 1. The first-order valence-corrected chi connectivity index (χ1v) is 16.8. The van der Waals surface area contributed by atoms with E-state index in [2.05, 4.69) is 34.0 Å². The summed E-state index contributed by atoms with van der Waals surface area (Å²) in [5, 5.41) is 10.8. The zero-order valence-electron chi connectivity index (χ0n) is 23.5. The van der Waals surface area contributed by atoms with Crippen molar-refractivity contribution in [2.45, 2.75) is 49.0 Å². The maximum Gasteiger partial charge on any atom is 0.338 e. The van der Waals surface area contributed by atoms with E-state index in [1.54, 1.807) is 0 Å². The molecule has 1 aromatic heterocycles. The molecule has 0 unspecified atom stereocenters.